The van der Waals surface area contributed by atoms with Gasteiger partial charge in [0, 0.05) is 23.1 Å². The second-order valence-corrected chi connectivity index (χ2v) is 5.84. The molecule has 0 saturated carbocycles. The average molecular weight is 326 g/mol. The van der Waals surface area contributed by atoms with Gasteiger partial charge in [-0.05, 0) is 52.9 Å². The second-order valence-electron chi connectivity index (χ2n) is 4.99. The molecule has 0 spiro atoms. The molecular weight excluding hydrogens is 306 g/mol. The molecule has 1 saturated heterocycles. The molecule has 0 unspecified atom stereocenters. The first-order valence-corrected chi connectivity index (χ1v) is 7.47. The van der Waals surface area contributed by atoms with Crippen LogP contribution in [0.5, 0.6) is 0 Å². The Hall–Kier alpha value is -1.23. The molecule has 1 fully saturated rings. The number of halogens is 1. The first-order valence-electron chi connectivity index (χ1n) is 6.68. The Balaban J connectivity index is 2.14. The Kier molecular flexibility index (Phi) is 4.69. The van der Waals surface area contributed by atoms with E-state index < -0.39 is 0 Å². The fourth-order valence-electron chi connectivity index (χ4n) is 2.56. The Bertz CT molecular complexity index is 468. The number of nitrogens with two attached hydrogens (primary N) is 1. The van der Waals surface area contributed by atoms with E-state index in [2.05, 4.69) is 32.9 Å². The third kappa shape index (κ3) is 3.21. The molecule has 1 heterocycles. The van der Waals surface area contributed by atoms with Crippen LogP contribution in [0.2, 0.25) is 0 Å². The smallest absolute Gasteiger partial charge is 0.170 e. The van der Waals surface area contributed by atoms with Crippen LogP contribution in [-0.2, 0) is 0 Å². The number of nitrogens with zero attached hydrogens (tertiary/aromatic N) is 2. The van der Waals surface area contributed by atoms with Crippen molar-refractivity contribution in [1.82, 2.24) is 0 Å². The van der Waals surface area contributed by atoms with Crippen LogP contribution in [0, 0.1) is 5.92 Å². The second kappa shape index (κ2) is 6.28. The highest BCUT2D eigenvalue weighted by Crippen LogP contribution is 2.31. The molecule has 1 aromatic rings. The van der Waals surface area contributed by atoms with Crippen molar-refractivity contribution in [3.05, 3.63) is 28.2 Å². The van der Waals surface area contributed by atoms with Crippen LogP contribution in [0.15, 0.2) is 27.8 Å². The van der Waals surface area contributed by atoms with Gasteiger partial charge in [-0.25, -0.2) is 0 Å². The zero-order valence-corrected chi connectivity index (χ0v) is 12.7. The number of hydrogen-bond donors (Lipinski definition) is 2. The Morgan fingerprint density at radius 3 is 2.68 bits per heavy atom. The Labute approximate surface area is 122 Å². The van der Waals surface area contributed by atoms with Gasteiger partial charge >= 0.3 is 0 Å². The van der Waals surface area contributed by atoms with Crippen LogP contribution in [-0.4, -0.2) is 24.1 Å². The molecule has 3 N–H and O–H groups in total. The standard InChI is InChI=1S/C14H20BrN3O/c1-2-10-5-7-18(8-6-10)13-4-3-11(9-12(13)15)14(16)17-19/h3-4,9-10,19H,2,5-8H2,1H3,(H2,16,17). The number of piperidine rings is 1. The topological polar surface area (TPSA) is 61.8 Å². The number of oxime groups is 1. The number of amidine groups is 1. The minimum Gasteiger partial charge on any atom is -0.409 e. The molecule has 1 aliphatic rings. The van der Waals surface area contributed by atoms with Crippen molar-refractivity contribution in [3.8, 4) is 0 Å². The summed E-state index contributed by atoms with van der Waals surface area (Å²) in [4.78, 5) is 2.40. The molecule has 5 heteroatoms. The van der Waals surface area contributed by atoms with E-state index in [9.17, 15) is 0 Å². The average Bonchev–Trinajstić information content (AvgIpc) is 2.46. The largest absolute Gasteiger partial charge is 0.409 e. The summed E-state index contributed by atoms with van der Waals surface area (Å²) in [5, 5.41) is 11.7. The van der Waals surface area contributed by atoms with E-state index >= 15 is 0 Å². The highest BCUT2D eigenvalue weighted by Gasteiger charge is 2.19. The van der Waals surface area contributed by atoms with Crippen LogP contribution in [0.3, 0.4) is 0 Å². The van der Waals surface area contributed by atoms with Gasteiger partial charge in [-0.1, -0.05) is 18.5 Å². The predicted octanol–water partition coefficient (Wildman–Crippen LogP) is 3.17. The van der Waals surface area contributed by atoms with E-state index in [0.29, 0.717) is 0 Å². The minimum absolute atomic E-state index is 0.136. The Morgan fingerprint density at radius 2 is 2.16 bits per heavy atom. The lowest BCUT2D eigenvalue weighted by molar-refractivity contribution is 0.318. The quantitative estimate of drug-likeness (QED) is 0.388. The molecule has 19 heavy (non-hydrogen) atoms. The maximum absolute atomic E-state index is 8.69. The summed E-state index contributed by atoms with van der Waals surface area (Å²) in [7, 11) is 0. The molecule has 2 rings (SSSR count). The lowest BCUT2D eigenvalue weighted by atomic mass is 9.94. The van der Waals surface area contributed by atoms with Gasteiger partial charge in [-0.2, -0.15) is 0 Å². The van der Waals surface area contributed by atoms with E-state index in [1.54, 1.807) is 0 Å². The van der Waals surface area contributed by atoms with Crippen molar-refractivity contribution < 1.29 is 5.21 Å². The number of benzene rings is 1. The van der Waals surface area contributed by atoms with Gasteiger partial charge in [-0.15, -0.1) is 0 Å². The van der Waals surface area contributed by atoms with Crippen LogP contribution in [0.25, 0.3) is 0 Å². The summed E-state index contributed by atoms with van der Waals surface area (Å²) in [6, 6.07) is 5.82. The summed E-state index contributed by atoms with van der Waals surface area (Å²) in [5.74, 6) is 1.00. The van der Waals surface area contributed by atoms with Crippen molar-refractivity contribution in [3.63, 3.8) is 0 Å². The fraction of sp³-hybridized carbons (Fsp3) is 0.500. The van der Waals surface area contributed by atoms with Crippen molar-refractivity contribution in [2.24, 2.45) is 16.8 Å². The molecule has 0 bridgehead atoms. The van der Waals surface area contributed by atoms with Gasteiger partial charge in [0.25, 0.3) is 0 Å². The number of hydrogen-bond acceptors (Lipinski definition) is 3. The molecule has 0 aromatic heterocycles. The molecule has 1 aliphatic heterocycles. The molecule has 0 amide bonds. The van der Waals surface area contributed by atoms with Crippen LogP contribution >= 0.6 is 15.9 Å². The molecular formula is C14H20BrN3O. The first-order chi connectivity index (χ1) is 9.15. The van der Waals surface area contributed by atoms with Crippen molar-refractivity contribution in [1.29, 1.82) is 0 Å². The molecule has 0 aliphatic carbocycles. The van der Waals surface area contributed by atoms with Crippen LogP contribution in [0.1, 0.15) is 31.7 Å². The zero-order chi connectivity index (χ0) is 13.8. The lowest BCUT2D eigenvalue weighted by Gasteiger charge is -2.34. The normalized spacial score (nSPS) is 17.8. The maximum Gasteiger partial charge on any atom is 0.170 e. The highest BCUT2D eigenvalue weighted by atomic mass is 79.9. The Morgan fingerprint density at radius 1 is 1.47 bits per heavy atom. The van der Waals surface area contributed by atoms with Gasteiger partial charge in [0.1, 0.15) is 0 Å². The molecule has 4 nitrogen and oxygen atoms in total. The van der Waals surface area contributed by atoms with Gasteiger partial charge in [-0.3, -0.25) is 0 Å². The maximum atomic E-state index is 8.69. The zero-order valence-electron chi connectivity index (χ0n) is 11.1. The summed E-state index contributed by atoms with van der Waals surface area (Å²) in [6.07, 6.45) is 3.79. The highest BCUT2D eigenvalue weighted by molar-refractivity contribution is 9.10. The van der Waals surface area contributed by atoms with Gasteiger partial charge < -0.3 is 15.8 Å². The van der Waals surface area contributed by atoms with E-state index in [1.165, 1.54) is 24.9 Å². The first kappa shape index (κ1) is 14.2. The third-order valence-electron chi connectivity index (χ3n) is 3.88. The number of anilines is 1. The van der Waals surface area contributed by atoms with Crippen molar-refractivity contribution >= 4 is 27.5 Å². The van der Waals surface area contributed by atoms with E-state index in [4.69, 9.17) is 10.9 Å². The van der Waals surface area contributed by atoms with Gasteiger partial charge in [0.05, 0.1) is 5.69 Å². The summed E-state index contributed by atoms with van der Waals surface area (Å²) >= 11 is 3.58. The molecule has 0 radical (unpaired) electrons. The van der Waals surface area contributed by atoms with Gasteiger partial charge in [0.2, 0.25) is 0 Å². The molecule has 0 atom stereocenters. The van der Waals surface area contributed by atoms with Crippen LogP contribution < -0.4 is 10.6 Å². The summed E-state index contributed by atoms with van der Waals surface area (Å²) < 4.78 is 0.992. The van der Waals surface area contributed by atoms with E-state index in [1.807, 2.05) is 18.2 Å². The SMILES string of the molecule is CCC1CCN(c2ccc(/C(N)=N/O)cc2Br)CC1. The lowest BCUT2D eigenvalue weighted by Crippen LogP contribution is -2.33. The van der Waals surface area contributed by atoms with Crippen LogP contribution in [0.4, 0.5) is 5.69 Å². The third-order valence-corrected chi connectivity index (χ3v) is 4.52. The minimum atomic E-state index is 0.136. The predicted molar refractivity (Wildman–Crippen MR) is 81.9 cm³/mol. The van der Waals surface area contributed by atoms with Gasteiger partial charge in [0.15, 0.2) is 5.84 Å². The van der Waals surface area contributed by atoms with Crippen molar-refractivity contribution in [2.75, 3.05) is 18.0 Å². The van der Waals surface area contributed by atoms with E-state index in [-0.39, 0.29) is 5.84 Å². The van der Waals surface area contributed by atoms with Crippen molar-refractivity contribution in [2.45, 2.75) is 26.2 Å². The molecule has 1 aromatic carbocycles. The number of rotatable bonds is 3. The summed E-state index contributed by atoms with van der Waals surface area (Å²) in [5.41, 5.74) is 7.50. The fourth-order valence-corrected chi connectivity index (χ4v) is 3.19. The monoisotopic (exact) mass is 325 g/mol. The van der Waals surface area contributed by atoms with E-state index in [0.717, 1.165) is 29.0 Å². The molecule has 104 valence electrons. The summed E-state index contributed by atoms with van der Waals surface area (Å²) in [6.45, 7) is 4.46.